The number of guanidine groups is 1. The second-order valence-electron chi connectivity index (χ2n) is 6.63. The van der Waals surface area contributed by atoms with Gasteiger partial charge in [-0.1, -0.05) is 11.6 Å². The largest absolute Gasteiger partial charge is 0.511 e. The van der Waals surface area contributed by atoms with Crippen LogP contribution >= 0.6 is 0 Å². The van der Waals surface area contributed by atoms with Crippen molar-refractivity contribution in [1.82, 2.24) is 14.9 Å². The Bertz CT molecular complexity index is 624. The van der Waals surface area contributed by atoms with Gasteiger partial charge in [0.25, 0.3) is 0 Å². The van der Waals surface area contributed by atoms with E-state index in [0.717, 1.165) is 25.8 Å². The number of rotatable bonds is 5. The Hall–Kier alpha value is -1.29. The average molecular weight is 396 g/mol. The molecule has 2 aliphatic rings. The number of piperidine rings is 1. The van der Waals surface area contributed by atoms with E-state index < -0.39 is 15.5 Å². The molecular weight excluding hydrogens is 369 g/mol. The summed E-state index contributed by atoms with van der Waals surface area (Å²) >= 11 is 0. The number of nitrogens with one attached hydrogen (secondary N) is 2. The van der Waals surface area contributed by atoms with Crippen molar-refractivity contribution in [1.29, 1.82) is 0 Å². The molecule has 0 radical (unpaired) electrons. The Kier molecular flexibility index (Phi) is 7.33. The van der Waals surface area contributed by atoms with Gasteiger partial charge in [0, 0.05) is 32.7 Å². The maximum Gasteiger partial charge on any atom is 0.511 e. The highest BCUT2D eigenvalue weighted by Crippen LogP contribution is 2.28. The van der Waals surface area contributed by atoms with Gasteiger partial charge in [0.2, 0.25) is 0 Å². The Morgan fingerprint density at radius 2 is 2.00 bits per heavy atom. The van der Waals surface area contributed by atoms with Crippen LogP contribution in [-0.2, 0) is 10.0 Å². The predicted molar refractivity (Wildman–Crippen MR) is 95.2 cm³/mol. The van der Waals surface area contributed by atoms with Crippen LogP contribution in [0.1, 0.15) is 44.9 Å². The van der Waals surface area contributed by atoms with Gasteiger partial charge in [-0.05, 0) is 44.9 Å². The third-order valence-electron chi connectivity index (χ3n) is 4.77. The maximum atomic E-state index is 12.6. The van der Waals surface area contributed by atoms with Crippen LogP contribution in [0.4, 0.5) is 13.2 Å². The summed E-state index contributed by atoms with van der Waals surface area (Å²) in [5.74, 6) is 0.596. The summed E-state index contributed by atoms with van der Waals surface area (Å²) in [5, 5.41) is 6.39. The van der Waals surface area contributed by atoms with Crippen molar-refractivity contribution in [2.24, 2.45) is 4.99 Å². The van der Waals surface area contributed by atoms with Gasteiger partial charge < -0.3 is 10.6 Å². The van der Waals surface area contributed by atoms with Crippen LogP contribution in [0, 0.1) is 0 Å². The van der Waals surface area contributed by atoms with Crippen molar-refractivity contribution in [3.05, 3.63) is 11.6 Å². The number of alkyl halides is 3. The highest BCUT2D eigenvalue weighted by molar-refractivity contribution is 7.90. The Balaban J connectivity index is 1.75. The summed E-state index contributed by atoms with van der Waals surface area (Å²) in [6.07, 6.45) is 8.62. The van der Waals surface area contributed by atoms with Crippen molar-refractivity contribution in [2.75, 3.05) is 26.7 Å². The van der Waals surface area contributed by atoms with Gasteiger partial charge in [-0.2, -0.15) is 17.5 Å². The van der Waals surface area contributed by atoms with E-state index in [4.69, 9.17) is 0 Å². The molecule has 0 bridgehead atoms. The molecule has 2 rings (SSSR count). The fraction of sp³-hybridized carbons (Fsp3) is 0.812. The number of aliphatic imine (C=N–C) groups is 1. The zero-order valence-corrected chi connectivity index (χ0v) is 15.8. The fourth-order valence-corrected chi connectivity index (χ4v) is 4.23. The Labute approximate surface area is 153 Å². The lowest BCUT2D eigenvalue weighted by Crippen LogP contribution is -2.51. The van der Waals surface area contributed by atoms with Gasteiger partial charge in [0.1, 0.15) is 0 Å². The molecule has 26 heavy (non-hydrogen) atoms. The molecule has 1 heterocycles. The first-order valence-electron chi connectivity index (χ1n) is 8.95. The van der Waals surface area contributed by atoms with Crippen LogP contribution in [-0.4, -0.2) is 56.9 Å². The Morgan fingerprint density at radius 3 is 2.54 bits per heavy atom. The molecule has 1 saturated heterocycles. The van der Waals surface area contributed by atoms with E-state index in [1.165, 1.54) is 18.4 Å². The highest BCUT2D eigenvalue weighted by atomic mass is 32.2. The second-order valence-corrected chi connectivity index (χ2v) is 8.56. The molecule has 0 spiro atoms. The van der Waals surface area contributed by atoms with E-state index in [-0.39, 0.29) is 19.1 Å². The number of halogens is 3. The van der Waals surface area contributed by atoms with Crippen LogP contribution in [0.25, 0.3) is 0 Å². The molecule has 0 unspecified atom stereocenters. The smallest absolute Gasteiger partial charge is 0.356 e. The normalized spacial score (nSPS) is 21.4. The van der Waals surface area contributed by atoms with Crippen molar-refractivity contribution >= 4 is 16.0 Å². The SMILES string of the molecule is CN=C(NCCC1=CCCCC1)NC1CCN(S(=O)(=O)C(F)(F)F)CC1. The zero-order chi connectivity index (χ0) is 19.2. The van der Waals surface area contributed by atoms with Crippen LogP contribution < -0.4 is 10.6 Å². The number of hydrogen-bond acceptors (Lipinski definition) is 3. The number of allylic oxidation sites excluding steroid dienone is 1. The summed E-state index contributed by atoms with van der Waals surface area (Å²) in [5.41, 5.74) is -3.79. The molecular formula is C16H27F3N4O2S. The van der Waals surface area contributed by atoms with Gasteiger partial charge in [-0.15, -0.1) is 0 Å². The first-order valence-corrected chi connectivity index (χ1v) is 10.4. The van der Waals surface area contributed by atoms with Gasteiger partial charge in [-0.3, -0.25) is 4.99 Å². The summed E-state index contributed by atoms with van der Waals surface area (Å²) in [6, 6.07) is -0.102. The van der Waals surface area contributed by atoms with E-state index in [1.807, 2.05) is 0 Å². The van der Waals surface area contributed by atoms with Crippen molar-refractivity contribution in [3.63, 3.8) is 0 Å². The van der Waals surface area contributed by atoms with E-state index in [2.05, 4.69) is 21.7 Å². The molecule has 0 amide bonds. The number of nitrogens with zero attached hydrogens (tertiary/aromatic N) is 2. The minimum atomic E-state index is -5.24. The lowest BCUT2D eigenvalue weighted by atomic mass is 9.97. The summed E-state index contributed by atoms with van der Waals surface area (Å²) < 4.78 is 61.1. The maximum absolute atomic E-state index is 12.6. The Morgan fingerprint density at radius 1 is 1.31 bits per heavy atom. The molecule has 10 heteroatoms. The molecule has 1 aliphatic carbocycles. The van der Waals surface area contributed by atoms with Crippen molar-refractivity contribution < 1.29 is 21.6 Å². The lowest BCUT2D eigenvalue weighted by molar-refractivity contribution is -0.0494. The molecule has 1 fully saturated rings. The lowest BCUT2D eigenvalue weighted by Gasteiger charge is -2.32. The van der Waals surface area contributed by atoms with E-state index in [1.54, 1.807) is 7.05 Å². The zero-order valence-electron chi connectivity index (χ0n) is 15.0. The summed E-state index contributed by atoms with van der Waals surface area (Å²) in [6.45, 7) is 0.444. The van der Waals surface area contributed by atoms with E-state index >= 15 is 0 Å². The third-order valence-corrected chi connectivity index (χ3v) is 6.40. The van der Waals surface area contributed by atoms with Gasteiger partial charge in [0.15, 0.2) is 5.96 Å². The second kappa shape index (κ2) is 9.07. The molecule has 0 saturated carbocycles. The topological polar surface area (TPSA) is 73.8 Å². The first-order chi connectivity index (χ1) is 12.2. The average Bonchev–Trinajstić information content (AvgIpc) is 2.61. The monoisotopic (exact) mass is 396 g/mol. The molecule has 0 aromatic carbocycles. The van der Waals surface area contributed by atoms with Crippen LogP contribution in [0.2, 0.25) is 0 Å². The van der Waals surface area contributed by atoms with Gasteiger partial charge >= 0.3 is 15.5 Å². The number of hydrogen-bond donors (Lipinski definition) is 2. The van der Waals surface area contributed by atoms with E-state index in [9.17, 15) is 21.6 Å². The molecule has 0 aromatic rings. The molecule has 150 valence electrons. The van der Waals surface area contributed by atoms with Crippen molar-refractivity contribution in [3.8, 4) is 0 Å². The standard InChI is InChI=1S/C16H27F3N4O2S/c1-20-15(21-10-7-13-5-3-2-4-6-13)22-14-8-11-23(12-9-14)26(24,25)16(17,18)19/h5,14H,2-4,6-12H2,1H3,(H2,20,21,22). The molecule has 0 atom stereocenters. The molecule has 1 aliphatic heterocycles. The third kappa shape index (κ3) is 5.60. The van der Waals surface area contributed by atoms with Crippen molar-refractivity contribution in [2.45, 2.75) is 56.5 Å². The molecule has 2 N–H and O–H groups in total. The first kappa shape index (κ1) is 21.0. The van der Waals surface area contributed by atoms with Crippen LogP contribution in [0.3, 0.4) is 0 Å². The van der Waals surface area contributed by atoms with Crippen LogP contribution in [0.5, 0.6) is 0 Å². The number of sulfonamides is 1. The fourth-order valence-electron chi connectivity index (χ4n) is 3.25. The van der Waals surface area contributed by atoms with E-state index in [0.29, 0.717) is 23.1 Å². The highest BCUT2D eigenvalue weighted by Gasteiger charge is 2.50. The minimum absolute atomic E-state index is 0.102. The summed E-state index contributed by atoms with van der Waals surface area (Å²) in [4.78, 5) is 4.13. The predicted octanol–water partition coefficient (Wildman–Crippen LogP) is 2.36. The minimum Gasteiger partial charge on any atom is -0.356 e. The van der Waals surface area contributed by atoms with Crippen LogP contribution in [0.15, 0.2) is 16.6 Å². The quantitative estimate of drug-likeness (QED) is 0.425. The molecule has 0 aromatic heterocycles. The van der Waals surface area contributed by atoms with Gasteiger partial charge in [0.05, 0.1) is 0 Å². The van der Waals surface area contributed by atoms with Gasteiger partial charge in [-0.25, -0.2) is 8.42 Å². The summed E-state index contributed by atoms with van der Waals surface area (Å²) in [7, 11) is -3.59. The molecule has 6 nitrogen and oxygen atoms in total.